The van der Waals surface area contributed by atoms with Crippen molar-refractivity contribution in [2.75, 3.05) is 0 Å². The molecule has 0 aliphatic heterocycles. The molecule has 0 radical (unpaired) electrons. The van der Waals surface area contributed by atoms with Crippen LogP contribution >= 0.6 is 11.3 Å². The Morgan fingerprint density at radius 3 is 2.63 bits per heavy atom. The van der Waals surface area contributed by atoms with Crippen LogP contribution in [0.3, 0.4) is 0 Å². The van der Waals surface area contributed by atoms with Crippen LogP contribution in [0.4, 0.5) is 0 Å². The Bertz CT molecular complexity index is 382. The Hall–Kier alpha value is -0.410. The van der Waals surface area contributed by atoms with Crippen LogP contribution in [-0.4, -0.2) is 11.0 Å². The van der Waals surface area contributed by atoms with Crippen molar-refractivity contribution in [1.82, 2.24) is 10.3 Å². The predicted molar refractivity (Wildman–Crippen MR) is 83.9 cm³/mol. The van der Waals surface area contributed by atoms with Gasteiger partial charge < -0.3 is 5.32 Å². The molecule has 1 aliphatic rings. The second-order valence-corrected chi connectivity index (χ2v) is 6.99. The Balaban J connectivity index is 1.94. The van der Waals surface area contributed by atoms with Crippen molar-refractivity contribution in [3.05, 3.63) is 15.6 Å². The molecule has 1 aromatic heterocycles. The first-order chi connectivity index (χ1) is 9.24. The molecule has 0 spiro atoms. The molecule has 1 aromatic rings. The van der Waals surface area contributed by atoms with Gasteiger partial charge in [-0.1, -0.05) is 39.5 Å². The molecule has 1 unspecified atom stereocenters. The summed E-state index contributed by atoms with van der Waals surface area (Å²) in [6.45, 7) is 6.69. The normalized spacial score (nSPS) is 16.8. The Morgan fingerprint density at radius 1 is 1.26 bits per heavy atom. The molecule has 1 saturated carbocycles. The van der Waals surface area contributed by atoms with Crippen LogP contribution in [0.15, 0.2) is 0 Å². The highest BCUT2D eigenvalue weighted by Gasteiger charge is 2.26. The number of aromatic nitrogens is 1. The number of rotatable bonds is 9. The minimum Gasteiger partial charge on any atom is -0.305 e. The molecule has 1 fully saturated rings. The van der Waals surface area contributed by atoms with Crippen LogP contribution in [0.25, 0.3) is 0 Å². The predicted octanol–water partition coefficient (Wildman–Crippen LogP) is 4.78. The third-order valence-electron chi connectivity index (χ3n) is 3.90. The third-order valence-corrected chi connectivity index (χ3v) is 5.03. The zero-order valence-electron chi connectivity index (χ0n) is 12.7. The van der Waals surface area contributed by atoms with Gasteiger partial charge in [-0.2, -0.15) is 0 Å². The average Bonchev–Trinajstić information content (AvgIpc) is 3.14. The smallest absolute Gasteiger partial charge is 0.110 e. The van der Waals surface area contributed by atoms with Gasteiger partial charge in [0.15, 0.2) is 0 Å². The number of nitrogens with zero attached hydrogens (tertiary/aromatic N) is 1. The number of hydrogen-bond donors (Lipinski definition) is 1. The minimum absolute atomic E-state index is 0.508. The molecule has 1 atom stereocenters. The van der Waals surface area contributed by atoms with E-state index < -0.39 is 0 Å². The molecule has 0 amide bonds. The average molecular weight is 280 g/mol. The zero-order chi connectivity index (χ0) is 13.7. The molecule has 2 nitrogen and oxygen atoms in total. The highest BCUT2D eigenvalue weighted by Crippen LogP contribution is 2.31. The first-order valence-corrected chi connectivity index (χ1v) is 8.78. The number of nitrogens with one attached hydrogen (secondary N) is 1. The van der Waals surface area contributed by atoms with Gasteiger partial charge in [-0.3, -0.25) is 0 Å². The monoisotopic (exact) mass is 280 g/mol. The highest BCUT2D eigenvalue weighted by atomic mass is 32.1. The molecular formula is C16H28N2S. The minimum atomic E-state index is 0.508. The molecule has 3 heteroatoms. The summed E-state index contributed by atoms with van der Waals surface area (Å²) in [5.41, 5.74) is 1.30. The van der Waals surface area contributed by atoms with Gasteiger partial charge in [0.2, 0.25) is 0 Å². The van der Waals surface area contributed by atoms with E-state index in [-0.39, 0.29) is 0 Å². The van der Waals surface area contributed by atoms with Crippen LogP contribution in [-0.2, 0) is 6.42 Å². The maximum Gasteiger partial charge on any atom is 0.110 e. The maximum absolute atomic E-state index is 4.86. The third kappa shape index (κ3) is 4.57. The summed E-state index contributed by atoms with van der Waals surface area (Å²) < 4.78 is 0. The lowest BCUT2D eigenvalue weighted by molar-refractivity contribution is 0.465. The molecule has 1 N–H and O–H groups in total. The van der Waals surface area contributed by atoms with Crippen molar-refractivity contribution in [3.63, 3.8) is 0 Å². The van der Waals surface area contributed by atoms with Gasteiger partial charge in [0.1, 0.15) is 5.01 Å². The molecule has 108 valence electrons. The number of hydrogen-bond acceptors (Lipinski definition) is 3. The van der Waals surface area contributed by atoms with Crippen molar-refractivity contribution in [3.8, 4) is 0 Å². The number of thiazole rings is 1. The molecule has 1 aliphatic carbocycles. The van der Waals surface area contributed by atoms with Crippen LogP contribution in [0.5, 0.6) is 0 Å². The van der Waals surface area contributed by atoms with E-state index in [9.17, 15) is 0 Å². The largest absolute Gasteiger partial charge is 0.305 e. The van der Waals surface area contributed by atoms with Crippen LogP contribution < -0.4 is 5.32 Å². The van der Waals surface area contributed by atoms with E-state index in [0.717, 1.165) is 12.5 Å². The Labute approximate surface area is 122 Å². The van der Waals surface area contributed by atoms with Crippen molar-refractivity contribution in [2.24, 2.45) is 0 Å². The first-order valence-electron chi connectivity index (χ1n) is 7.96. The van der Waals surface area contributed by atoms with E-state index >= 15 is 0 Å². The van der Waals surface area contributed by atoms with E-state index in [1.54, 1.807) is 0 Å². The Morgan fingerprint density at radius 2 is 2.05 bits per heavy atom. The lowest BCUT2D eigenvalue weighted by atomic mass is 10.1. The second kappa shape index (κ2) is 7.39. The topological polar surface area (TPSA) is 24.9 Å². The van der Waals surface area contributed by atoms with Crippen LogP contribution in [0.1, 0.15) is 80.4 Å². The second-order valence-electron chi connectivity index (χ2n) is 5.75. The van der Waals surface area contributed by atoms with Crippen molar-refractivity contribution >= 4 is 11.3 Å². The van der Waals surface area contributed by atoms with Gasteiger partial charge in [-0.15, -0.1) is 11.3 Å². The highest BCUT2D eigenvalue weighted by molar-refractivity contribution is 7.11. The van der Waals surface area contributed by atoms with Crippen molar-refractivity contribution < 1.29 is 0 Å². The van der Waals surface area contributed by atoms with Crippen molar-refractivity contribution in [1.29, 1.82) is 0 Å². The van der Waals surface area contributed by atoms with E-state index in [1.807, 2.05) is 11.3 Å². The summed E-state index contributed by atoms with van der Waals surface area (Å²) in [5, 5.41) is 5.13. The van der Waals surface area contributed by atoms with Gasteiger partial charge in [-0.25, -0.2) is 4.98 Å². The molecule has 0 aromatic carbocycles. The SMILES string of the molecule is CCCCCCC(NC1CC1)c1nc(CC)c(C)s1. The molecule has 0 saturated heterocycles. The lowest BCUT2D eigenvalue weighted by Gasteiger charge is -2.16. The Kier molecular flexibility index (Phi) is 5.83. The molecule has 19 heavy (non-hydrogen) atoms. The summed E-state index contributed by atoms with van der Waals surface area (Å²) in [6, 6.07) is 1.28. The van der Waals surface area contributed by atoms with Gasteiger partial charge in [-0.05, 0) is 32.6 Å². The quantitative estimate of drug-likeness (QED) is 0.659. The molecule has 2 rings (SSSR count). The zero-order valence-corrected chi connectivity index (χ0v) is 13.5. The van der Waals surface area contributed by atoms with Gasteiger partial charge in [0, 0.05) is 10.9 Å². The van der Waals surface area contributed by atoms with E-state index in [2.05, 4.69) is 26.1 Å². The van der Waals surface area contributed by atoms with Crippen LogP contribution in [0, 0.1) is 6.92 Å². The van der Waals surface area contributed by atoms with Gasteiger partial charge in [0.25, 0.3) is 0 Å². The summed E-state index contributed by atoms with van der Waals surface area (Å²) in [6.07, 6.45) is 10.4. The molecular weight excluding hydrogens is 252 g/mol. The van der Waals surface area contributed by atoms with Gasteiger partial charge >= 0.3 is 0 Å². The summed E-state index contributed by atoms with van der Waals surface area (Å²) in [7, 11) is 0. The van der Waals surface area contributed by atoms with E-state index in [0.29, 0.717) is 6.04 Å². The summed E-state index contributed by atoms with van der Waals surface area (Å²) in [4.78, 5) is 6.28. The van der Waals surface area contributed by atoms with E-state index in [1.165, 1.54) is 60.5 Å². The summed E-state index contributed by atoms with van der Waals surface area (Å²) in [5.74, 6) is 0. The van der Waals surface area contributed by atoms with Crippen LogP contribution in [0.2, 0.25) is 0 Å². The number of unbranched alkanes of at least 4 members (excludes halogenated alkanes) is 3. The van der Waals surface area contributed by atoms with Crippen molar-refractivity contribution in [2.45, 2.75) is 84.2 Å². The fourth-order valence-electron chi connectivity index (χ4n) is 2.52. The van der Waals surface area contributed by atoms with Gasteiger partial charge in [0.05, 0.1) is 11.7 Å². The lowest BCUT2D eigenvalue weighted by Crippen LogP contribution is -2.23. The molecule has 0 bridgehead atoms. The maximum atomic E-state index is 4.86. The standard InChI is InChI=1S/C16H28N2S/c1-4-6-7-8-9-15(17-13-10-11-13)16-18-14(5-2)12(3)19-16/h13,15,17H,4-11H2,1-3H3. The fraction of sp³-hybridized carbons (Fsp3) is 0.812. The molecule has 1 heterocycles. The van der Waals surface area contributed by atoms with E-state index in [4.69, 9.17) is 4.98 Å². The number of aryl methyl sites for hydroxylation is 2. The fourth-order valence-corrected chi connectivity index (χ4v) is 3.62. The summed E-state index contributed by atoms with van der Waals surface area (Å²) >= 11 is 1.91. The first kappa shape index (κ1) is 15.0.